The number of likely N-dealkylation sites (tertiary alicyclic amines) is 1. The molecular weight excluding hydrogens is 328 g/mol. The molecule has 1 saturated heterocycles. The van der Waals surface area contributed by atoms with Gasteiger partial charge < -0.3 is 10.2 Å². The monoisotopic (exact) mass is 354 g/mol. The zero-order valence-corrected chi connectivity index (χ0v) is 15.1. The topological polar surface area (TPSA) is 67.2 Å². The molecule has 0 saturated carbocycles. The van der Waals surface area contributed by atoms with E-state index in [1.165, 1.54) is 43.1 Å². The highest BCUT2D eigenvalue weighted by atomic mass is 16.2. The number of hydrogen-bond acceptors (Lipinski definition) is 4. The number of nitrogens with zero attached hydrogens (tertiary/aromatic N) is 3. The van der Waals surface area contributed by atoms with Crippen LogP contribution in [-0.4, -0.2) is 46.8 Å². The first kappa shape index (κ1) is 18.3. The highest BCUT2D eigenvalue weighted by molar-refractivity contribution is 5.75. The fourth-order valence-electron chi connectivity index (χ4n) is 3.23. The van der Waals surface area contributed by atoms with Gasteiger partial charge in [0.15, 0.2) is 0 Å². The summed E-state index contributed by atoms with van der Waals surface area (Å²) in [6.07, 6.45) is 4.81. The second kappa shape index (κ2) is 9.29. The molecule has 6 nitrogen and oxygen atoms in total. The van der Waals surface area contributed by atoms with E-state index in [1.54, 1.807) is 6.07 Å². The van der Waals surface area contributed by atoms with Gasteiger partial charge in [-0.1, -0.05) is 36.8 Å². The predicted octanol–water partition coefficient (Wildman–Crippen LogP) is 1.90. The molecule has 1 amide bonds. The lowest BCUT2D eigenvalue weighted by Crippen LogP contribution is -2.36. The third kappa shape index (κ3) is 5.26. The minimum atomic E-state index is -0.270. The van der Waals surface area contributed by atoms with E-state index in [0.29, 0.717) is 12.2 Å². The summed E-state index contributed by atoms with van der Waals surface area (Å²) in [7, 11) is 0. The number of carbonyl (C=O) groups excluding carboxylic acids is 1. The van der Waals surface area contributed by atoms with Crippen molar-refractivity contribution in [3.63, 3.8) is 0 Å². The first-order chi connectivity index (χ1) is 12.7. The highest BCUT2D eigenvalue weighted by Crippen LogP contribution is 2.13. The lowest BCUT2D eigenvalue weighted by atomic mass is 10.1. The van der Waals surface area contributed by atoms with Crippen molar-refractivity contribution in [3.8, 4) is 11.3 Å². The number of aromatic nitrogens is 2. The maximum Gasteiger partial charge on any atom is 0.267 e. The van der Waals surface area contributed by atoms with Crippen molar-refractivity contribution in [3.05, 3.63) is 52.8 Å². The van der Waals surface area contributed by atoms with E-state index in [-0.39, 0.29) is 18.0 Å². The maximum atomic E-state index is 12.1. The number of nitrogens with one attached hydrogen (secondary N) is 1. The van der Waals surface area contributed by atoms with E-state index in [9.17, 15) is 9.59 Å². The predicted molar refractivity (Wildman–Crippen MR) is 102 cm³/mol. The van der Waals surface area contributed by atoms with Crippen LogP contribution >= 0.6 is 0 Å². The normalized spacial score (nSPS) is 14.9. The first-order valence-corrected chi connectivity index (χ1v) is 9.35. The van der Waals surface area contributed by atoms with Crippen LogP contribution in [0.15, 0.2) is 47.3 Å². The minimum Gasteiger partial charge on any atom is -0.354 e. The summed E-state index contributed by atoms with van der Waals surface area (Å²) in [5.74, 6) is -0.177. The Morgan fingerprint density at radius 2 is 1.81 bits per heavy atom. The summed E-state index contributed by atoms with van der Waals surface area (Å²) in [5, 5.41) is 7.21. The minimum absolute atomic E-state index is 0.0524. The molecule has 2 aromatic rings. The number of rotatable bonds is 7. The third-order valence-electron chi connectivity index (χ3n) is 4.65. The van der Waals surface area contributed by atoms with Crippen LogP contribution < -0.4 is 10.9 Å². The number of carbonyl (C=O) groups is 1. The Labute approximate surface area is 153 Å². The van der Waals surface area contributed by atoms with Gasteiger partial charge in [0, 0.05) is 18.2 Å². The zero-order chi connectivity index (χ0) is 18.2. The van der Waals surface area contributed by atoms with E-state index < -0.39 is 0 Å². The molecule has 0 radical (unpaired) electrons. The molecule has 1 aliphatic rings. The largest absolute Gasteiger partial charge is 0.354 e. The second-order valence-corrected chi connectivity index (χ2v) is 6.69. The van der Waals surface area contributed by atoms with E-state index in [1.807, 2.05) is 30.3 Å². The Morgan fingerprint density at radius 3 is 2.58 bits per heavy atom. The third-order valence-corrected chi connectivity index (χ3v) is 4.65. The molecule has 1 aromatic carbocycles. The van der Waals surface area contributed by atoms with Crippen LogP contribution in [0.25, 0.3) is 11.3 Å². The molecule has 1 aliphatic heterocycles. The van der Waals surface area contributed by atoms with Crippen molar-refractivity contribution in [2.75, 3.05) is 26.2 Å². The molecule has 138 valence electrons. The molecule has 0 atom stereocenters. The molecule has 1 aromatic heterocycles. The fraction of sp³-hybridized carbons (Fsp3) is 0.450. The van der Waals surface area contributed by atoms with Crippen LogP contribution in [0.3, 0.4) is 0 Å². The van der Waals surface area contributed by atoms with Crippen molar-refractivity contribution < 1.29 is 4.79 Å². The molecule has 1 fully saturated rings. The average Bonchev–Trinajstić information content (AvgIpc) is 2.68. The van der Waals surface area contributed by atoms with E-state index in [2.05, 4.69) is 15.3 Å². The van der Waals surface area contributed by atoms with Crippen molar-refractivity contribution >= 4 is 5.91 Å². The smallest absolute Gasteiger partial charge is 0.267 e. The van der Waals surface area contributed by atoms with Crippen molar-refractivity contribution in [1.82, 2.24) is 20.0 Å². The molecule has 26 heavy (non-hydrogen) atoms. The summed E-state index contributed by atoms with van der Waals surface area (Å²) in [6, 6.07) is 12.8. The van der Waals surface area contributed by atoms with E-state index in [4.69, 9.17) is 0 Å². The van der Waals surface area contributed by atoms with E-state index in [0.717, 1.165) is 18.5 Å². The Morgan fingerprint density at radius 1 is 1.04 bits per heavy atom. The number of amides is 1. The van der Waals surface area contributed by atoms with Crippen LogP contribution in [0.5, 0.6) is 0 Å². The van der Waals surface area contributed by atoms with Gasteiger partial charge in [-0.05, 0) is 45.0 Å². The van der Waals surface area contributed by atoms with Crippen LogP contribution in [0.2, 0.25) is 0 Å². The molecule has 0 unspecified atom stereocenters. The number of hydrogen-bond donors (Lipinski definition) is 1. The van der Waals surface area contributed by atoms with Gasteiger partial charge in [-0.2, -0.15) is 5.10 Å². The SMILES string of the molecule is O=C(Cn1nc(-c2ccccc2)ccc1=O)NCCCN1CCCCC1. The van der Waals surface area contributed by atoms with Crippen molar-refractivity contribution in [2.45, 2.75) is 32.2 Å². The van der Waals surface area contributed by atoms with Gasteiger partial charge in [-0.3, -0.25) is 9.59 Å². The summed E-state index contributed by atoms with van der Waals surface area (Å²) < 4.78 is 1.22. The summed E-state index contributed by atoms with van der Waals surface area (Å²) in [5.41, 5.74) is 1.33. The molecule has 0 aliphatic carbocycles. The van der Waals surface area contributed by atoms with Crippen LogP contribution in [0.1, 0.15) is 25.7 Å². The summed E-state index contributed by atoms with van der Waals surface area (Å²) in [6.45, 7) is 3.92. The fourth-order valence-corrected chi connectivity index (χ4v) is 3.23. The molecule has 0 spiro atoms. The lowest BCUT2D eigenvalue weighted by molar-refractivity contribution is -0.121. The van der Waals surface area contributed by atoms with Crippen LogP contribution in [0.4, 0.5) is 0 Å². The average molecular weight is 354 g/mol. The Kier molecular flexibility index (Phi) is 6.55. The number of benzene rings is 1. The Bertz CT molecular complexity index is 767. The number of piperidine rings is 1. The summed E-state index contributed by atoms with van der Waals surface area (Å²) in [4.78, 5) is 26.6. The lowest BCUT2D eigenvalue weighted by Gasteiger charge is -2.26. The van der Waals surface area contributed by atoms with Crippen molar-refractivity contribution in [1.29, 1.82) is 0 Å². The van der Waals surface area contributed by atoms with Gasteiger partial charge in [-0.25, -0.2) is 4.68 Å². The molecule has 3 rings (SSSR count). The van der Waals surface area contributed by atoms with E-state index >= 15 is 0 Å². The highest BCUT2D eigenvalue weighted by Gasteiger charge is 2.10. The molecule has 1 N–H and O–H groups in total. The van der Waals surface area contributed by atoms with Gasteiger partial charge in [0.25, 0.3) is 5.56 Å². The van der Waals surface area contributed by atoms with Gasteiger partial charge in [0.2, 0.25) is 5.91 Å². The maximum absolute atomic E-state index is 12.1. The molecular formula is C20H26N4O2. The Balaban J connectivity index is 1.50. The van der Waals surface area contributed by atoms with Gasteiger partial charge in [0.05, 0.1) is 5.69 Å². The van der Waals surface area contributed by atoms with Crippen LogP contribution in [-0.2, 0) is 11.3 Å². The second-order valence-electron chi connectivity index (χ2n) is 6.69. The Hall–Kier alpha value is -2.47. The molecule has 2 heterocycles. The zero-order valence-electron chi connectivity index (χ0n) is 15.1. The first-order valence-electron chi connectivity index (χ1n) is 9.35. The quantitative estimate of drug-likeness (QED) is 0.771. The van der Waals surface area contributed by atoms with Gasteiger partial charge in [0.1, 0.15) is 6.54 Å². The summed E-state index contributed by atoms with van der Waals surface area (Å²) >= 11 is 0. The molecule has 0 bridgehead atoms. The van der Waals surface area contributed by atoms with Gasteiger partial charge in [-0.15, -0.1) is 0 Å². The van der Waals surface area contributed by atoms with Crippen molar-refractivity contribution in [2.24, 2.45) is 0 Å². The van der Waals surface area contributed by atoms with Gasteiger partial charge >= 0.3 is 0 Å². The molecule has 6 heteroatoms. The van der Waals surface area contributed by atoms with Crippen LogP contribution in [0, 0.1) is 0 Å². The standard InChI is InChI=1S/C20H26N4O2/c25-19(21-12-7-15-23-13-5-2-6-14-23)16-24-20(26)11-10-18(22-24)17-8-3-1-4-9-17/h1,3-4,8-11H,2,5-7,12-16H2,(H,21,25).